The first-order valence-corrected chi connectivity index (χ1v) is 7.32. The van der Waals surface area contributed by atoms with Crippen LogP contribution in [-0.2, 0) is 0 Å². The van der Waals surface area contributed by atoms with Gasteiger partial charge in [0.2, 0.25) is 11.6 Å². The van der Waals surface area contributed by atoms with Crippen molar-refractivity contribution in [3.05, 3.63) is 44.0 Å². The van der Waals surface area contributed by atoms with E-state index in [0.717, 1.165) is 23.9 Å². The lowest BCUT2D eigenvalue weighted by Crippen LogP contribution is -2.05. The summed E-state index contributed by atoms with van der Waals surface area (Å²) in [5.74, 6) is -1.35. The van der Waals surface area contributed by atoms with Gasteiger partial charge in [-0.3, -0.25) is 20.2 Å². The smallest absolute Gasteiger partial charge is 0.373 e. The average molecular weight is 348 g/mol. The molecule has 11 nitrogen and oxygen atoms in total. The van der Waals surface area contributed by atoms with Gasteiger partial charge in [0.15, 0.2) is 5.16 Å². The fraction of sp³-hybridized carbons (Fsp3) is 0.0833. The van der Waals surface area contributed by atoms with Crippen LogP contribution in [0.15, 0.2) is 23.4 Å². The zero-order valence-corrected chi connectivity index (χ0v) is 12.8. The van der Waals surface area contributed by atoms with Gasteiger partial charge in [-0.05, 0) is 12.3 Å². The third-order valence-corrected chi connectivity index (χ3v) is 3.26. The van der Waals surface area contributed by atoms with Crippen LogP contribution in [0.25, 0.3) is 0 Å². The molecule has 0 saturated carbocycles. The second kappa shape index (κ2) is 6.75. The number of anilines is 1. The van der Waals surface area contributed by atoms with Gasteiger partial charge >= 0.3 is 17.3 Å². The molecule has 2 aromatic rings. The Morgan fingerprint density at radius 2 is 2.00 bits per heavy atom. The number of aromatic nitrogens is 2. The number of nitrogens with two attached hydrogens (primary N) is 1. The topological polar surface area (TPSA) is 171 Å². The van der Waals surface area contributed by atoms with Crippen molar-refractivity contribution in [2.75, 3.05) is 12.0 Å². The Labute approximate surface area is 138 Å². The molecule has 0 aliphatic carbocycles. The van der Waals surface area contributed by atoms with Crippen molar-refractivity contribution in [2.24, 2.45) is 0 Å². The van der Waals surface area contributed by atoms with Crippen LogP contribution in [0.1, 0.15) is 5.56 Å². The van der Waals surface area contributed by atoms with Crippen molar-refractivity contribution in [1.82, 2.24) is 9.97 Å². The number of benzene rings is 1. The second-order valence-corrected chi connectivity index (χ2v) is 4.93. The summed E-state index contributed by atoms with van der Waals surface area (Å²) in [6.07, 6.45) is 1.61. The quantitative estimate of drug-likeness (QED) is 0.365. The largest absolute Gasteiger partial charge is 0.426 e. The Hall–Kier alpha value is -3.46. The number of nitro groups is 2. The zero-order valence-electron chi connectivity index (χ0n) is 12.0. The van der Waals surface area contributed by atoms with E-state index in [9.17, 15) is 20.2 Å². The molecule has 0 aliphatic heterocycles. The van der Waals surface area contributed by atoms with Gasteiger partial charge in [0.05, 0.1) is 21.5 Å². The molecule has 122 valence electrons. The van der Waals surface area contributed by atoms with Crippen LogP contribution in [0.4, 0.5) is 17.2 Å². The highest BCUT2D eigenvalue weighted by atomic mass is 32.2. The lowest BCUT2D eigenvalue weighted by atomic mass is 10.2. The third kappa shape index (κ3) is 3.31. The molecular weight excluding hydrogens is 340 g/mol. The van der Waals surface area contributed by atoms with E-state index in [2.05, 4.69) is 9.97 Å². The van der Waals surface area contributed by atoms with E-state index >= 15 is 0 Å². The summed E-state index contributed by atoms with van der Waals surface area (Å²) >= 11 is 1.06. The Kier molecular flexibility index (Phi) is 4.76. The molecule has 0 fully saturated rings. The van der Waals surface area contributed by atoms with Gasteiger partial charge < -0.3 is 10.5 Å². The van der Waals surface area contributed by atoms with Crippen LogP contribution in [0.2, 0.25) is 0 Å². The van der Waals surface area contributed by atoms with Crippen LogP contribution in [0, 0.1) is 31.6 Å². The maximum atomic E-state index is 11.1. The predicted octanol–water partition coefficient (Wildman–Crippen LogP) is 2.26. The Bertz CT molecular complexity index is 881. The van der Waals surface area contributed by atoms with Gasteiger partial charge in [-0.25, -0.2) is 0 Å². The van der Waals surface area contributed by atoms with Crippen molar-refractivity contribution in [3.63, 3.8) is 0 Å². The maximum absolute atomic E-state index is 11.1. The van der Waals surface area contributed by atoms with E-state index in [4.69, 9.17) is 15.7 Å². The van der Waals surface area contributed by atoms with Gasteiger partial charge in [0, 0.05) is 12.1 Å². The standard InChI is InChI=1S/C12H8N6O5S/c1-24-12-15-10(14)9(18(21)22)11(16-12)23-8-4-6(5-13)2-3-7(8)17(19)20/h2-4H,1H3,(H2,14,15,16). The molecule has 2 N–H and O–H groups in total. The number of thioether (sulfide) groups is 1. The summed E-state index contributed by atoms with van der Waals surface area (Å²) < 4.78 is 5.25. The fourth-order valence-electron chi connectivity index (χ4n) is 1.68. The number of rotatable bonds is 5. The van der Waals surface area contributed by atoms with Crippen LogP contribution in [-0.4, -0.2) is 26.1 Å². The van der Waals surface area contributed by atoms with Gasteiger partial charge in [-0.2, -0.15) is 15.2 Å². The lowest BCUT2D eigenvalue weighted by Gasteiger charge is -2.08. The maximum Gasteiger partial charge on any atom is 0.373 e. The Morgan fingerprint density at radius 1 is 1.29 bits per heavy atom. The van der Waals surface area contributed by atoms with Crippen molar-refractivity contribution >= 4 is 29.0 Å². The molecule has 0 atom stereocenters. The molecule has 0 aliphatic rings. The zero-order chi connectivity index (χ0) is 17.9. The monoisotopic (exact) mass is 348 g/mol. The summed E-state index contributed by atoms with van der Waals surface area (Å²) in [6, 6.07) is 5.15. The minimum absolute atomic E-state index is 0.0744. The van der Waals surface area contributed by atoms with Crippen LogP contribution in [0.3, 0.4) is 0 Å². The summed E-state index contributed by atoms with van der Waals surface area (Å²) in [7, 11) is 0. The highest BCUT2D eigenvalue weighted by Crippen LogP contribution is 2.38. The first kappa shape index (κ1) is 16.9. The summed E-state index contributed by atoms with van der Waals surface area (Å²) in [4.78, 5) is 28.2. The molecule has 2 rings (SSSR count). The number of nitriles is 1. The van der Waals surface area contributed by atoms with Crippen molar-refractivity contribution < 1.29 is 14.6 Å². The number of nitro benzene ring substituents is 1. The number of nitrogens with zero attached hydrogens (tertiary/aromatic N) is 5. The summed E-state index contributed by atoms with van der Waals surface area (Å²) in [5.41, 5.74) is 4.41. The number of ether oxygens (including phenoxy) is 1. The molecule has 0 bridgehead atoms. The molecule has 0 radical (unpaired) electrons. The van der Waals surface area contributed by atoms with E-state index in [0.29, 0.717) is 0 Å². The predicted molar refractivity (Wildman–Crippen MR) is 82.8 cm³/mol. The highest BCUT2D eigenvalue weighted by Gasteiger charge is 2.27. The molecule has 0 amide bonds. The van der Waals surface area contributed by atoms with Gasteiger partial charge in [-0.1, -0.05) is 11.8 Å². The molecule has 1 aromatic carbocycles. The van der Waals surface area contributed by atoms with Crippen LogP contribution < -0.4 is 10.5 Å². The van der Waals surface area contributed by atoms with Crippen molar-refractivity contribution in [3.8, 4) is 17.7 Å². The highest BCUT2D eigenvalue weighted by molar-refractivity contribution is 7.98. The van der Waals surface area contributed by atoms with Gasteiger partial charge in [0.25, 0.3) is 0 Å². The first-order chi connectivity index (χ1) is 11.4. The SMILES string of the molecule is CSc1nc(N)c([N+](=O)[O-])c(Oc2cc(C#N)ccc2[N+](=O)[O-])n1. The second-order valence-electron chi connectivity index (χ2n) is 4.16. The van der Waals surface area contributed by atoms with E-state index in [1.165, 1.54) is 6.07 Å². The van der Waals surface area contributed by atoms with Crippen LogP contribution >= 0.6 is 11.8 Å². The molecule has 24 heavy (non-hydrogen) atoms. The number of nitrogen functional groups attached to an aromatic ring is 1. The molecule has 0 spiro atoms. The van der Waals surface area contributed by atoms with E-state index in [1.807, 2.05) is 0 Å². The molecule has 1 aromatic heterocycles. The molecule has 0 saturated heterocycles. The minimum Gasteiger partial charge on any atom is -0.426 e. The molecule has 0 unspecified atom stereocenters. The minimum atomic E-state index is -0.852. The summed E-state index contributed by atoms with van der Waals surface area (Å²) in [5, 5.41) is 31.2. The normalized spacial score (nSPS) is 10.0. The Morgan fingerprint density at radius 3 is 2.54 bits per heavy atom. The van der Waals surface area contributed by atoms with Crippen molar-refractivity contribution in [2.45, 2.75) is 5.16 Å². The van der Waals surface area contributed by atoms with Gasteiger partial charge in [0.1, 0.15) is 0 Å². The lowest BCUT2D eigenvalue weighted by molar-refractivity contribution is -0.387. The van der Waals surface area contributed by atoms with E-state index in [1.54, 1.807) is 12.3 Å². The third-order valence-electron chi connectivity index (χ3n) is 2.72. The molecular formula is C12H8N6O5S. The fourth-order valence-corrected chi connectivity index (χ4v) is 2.05. The molecule has 1 heterocycles. The summed E-state index contributed by atoms with van der Waals surface area (Å²) in [6.45, 7) is 0. The van der Waals surface area contributed by atoms with E-state index in [-0.39, 0.29) is 16.5 Å². The number of hydrogen-bond donors (Lipinski definition) is 1. The molecule has 12 heteroatoms. The van der Waals surface area contributed by atoms with E-state index < -0.39 is 32.9 Å². The van der Waals surface area contributed by atoms with Gasteiger partial charge in [-0.15, -0.1) is 0 Å². The van der Waals surface area contributed by atoms with Crippen molar-refractivity contribution in [1.29, 1.82) is 5.26 Å². The van der Waals surface area contributed by atoms with Crippen LogP contribution in [0.5, 0.6) is 11.6 Å². The average Bonchev–Trinajstić information content (AvgIpc) is 2.53. The Balaban J connectivity index is 2.63. The number of hydrogen-bond acceptors (Lipinski definition) is 10. The first-order valence-electron chi connectivity index (χ1n) is 6.09.